The van der Waals surface area contributed by atoms with Gasteiger partial charge in [0.2, 0.25) is 0 Å². The minimum Gasteiger partial charge on any atom is -0.399 e. The summed E-state index contributed by atoms with van der Waals surface area (Å²) in [7, 11) is 0. The molecule has 1 amide bonds. The fourth-order valence-electron chi connectivity index (χ4n) is 3.14. The highest BCUT2D eigenvalue weighted by atomic mass is 35.5. The van der Waals surface area contributed by atoms with Crippen LogP contribution in [-0.4, -0.2) is 19.0 Å². The number of hydrogen-bond donors (Lipinski definition) is 2. The number of benzene rings is 1. The van der Waals surface area contributed by atoms with Crippen LogP contribution in [0.1, 0.15) is 43.5 Å². The highest BCUT2D eigenvalue weighted by Crippen LogP contribution is 2.35. The average Bonchev–Trinajstić information content (AvgIpc) is 2.63. The molecule has 4 nitrogen and oxygen atoms in total. The SMILES string of the molecule is CC(C)C1CCCN(c2c(Cl)cc(N)cc2C(N)=O)CC1. The Kier molecular flexibility index (Phi) is 4.99. The molecule has 0 aromatic heterocycles. The van der Waals surface area contributed by atoms with Crippen molar-refractivity contribution >= 4 is 28.9 Å². The van der Waals surface area contributed by atoms with Gasteiger partial charge in [-0.1, -0.05) is 25.4 Å². The quantitative estimate of drug-likeness (QED) is 0.842. The van der Waals surface area contributed by atoms with Crippen molar-refractivity contribution in [1.82, 2.24) is 0 Å². The molecule has 4 N–H and O–H groups in total. The zero-order valence-corrected chi connectivity index (χ0v) is 13.5. The van der Waals surface area contributed by atoms with E-state index >= 15 is 0 Å². The van der Waals surface area contributed by atoms with Gasteiger partial charge in [-0.2, -0.15) is 0 Å². The second-order valence-corrected chi connectivity index (χ2v) is 6.59. The molecule has 5 heteroatoms. The van der Waals surface area contributed by atoms with Crippen LogP contribution in [0, 0.1) is 11.8 Å². The van der Waals surface area contributed by atoms with E-state index in [-0.39, 0.29) is 0 Å². The van der Waals surface area contributed by atoms with E-state index in [9.17, 15) is 4.79 Å². The first-order valence-corrected chi connectivity index (χ1v) is 7.91. The normalized spacial score (nSPS) is 19.6. The minimum atomic E-state index is -0.483. The molecule has 21 heavy (non-hydrogen) atoms. The molecule has 1 aliphatic rings. The van der Waals surface area contributed by atoms with Crippen molar-refractivity contribution in [2.75, 3.05) is 23.7 Å². The van der Waals surface area contributed by atoms with E-state index in [0.29, 0.717) is 22.2 Å². The summed E-state index contributed by atoms with van der Waals surface area (Å²) in [4.78, 5) is 13.9. The van der Waals surface area contributed by atoms with Gasteiger partial charge in [0.1, 0.15) is 0 Å². The van der Waals surface area contributed by atoms with Gasteiger partial charge in [0.15, 0.2) is 0 Å². The molecule has 1 aliphatic heterocycles. The van der Waals surface area contributed by atoms with Crippen LogP contribution in [0.4, 0.5) is 11.4 Å². The Morgan fingerprint density at radius 1 is 1.33 bits per heavy atom. The Morgan fingerprint density at radius 3 is 2.67 bits per heavy atom. The Hall–Kier alpha value is -1.42. The number of hydrogen-bond acceptors (Lipinski definition) is 3. The van der Waals surface area contributed by atoms with Crippen molar-refractivity contribution in [2.24, 2.45) is 17.6 Å². The van der Waals surface area contributed by atoms with Crippen LogP contribution in [0.2, 0.25) is 5.02 Å². The second kappa shape index (κ2) is 6.56. The highest BCUT2D eigenvalue weighted by Gasteiger charge is 2.24. The first-order valence-electron chi connectivity index (χ1n) is 7.54. The molecule has 1 atom stereocenters. The van der Waals surface area contributed by atoms with Gasteiger partial charge < -0.3 is 16.4 Å². The fraction of sp³-hybridized carbons (Fsp3) is 0.562. The van der Waals surface area contributed by atoms with E-state index in [1.165, 1.54) is 6.42 Å². The lowest BCUT2D eigenvalue weighted by Gasteiger charge is -2.26. The third-order valence-corrected chi connectivity index (χ3v) is 4.67. The third kappa shape index (κ3) is 3.62. The Labute approximate surface area is 131 Å². The zero-order valence-electron chi connectivity index (χ0n) is 12.7. The molecule has 1 aromatic rings. The first kappa shape index (κ1) is 16.0. The predicted octanol–water partition coefficient (Wildman–Crippen LogP) is 3.28. The molecule has 1 heterocycles. The lowest BCUT2D eigenvalue weighted by Crippen LogP contribution is -2.28. The predicted molar refractivity (Wildman–Crippen MR) is 88.8 cm³/mol. The van der Waals surface area contributed by atoms with Crippen molar-refractivity contribution in [3.05, 3.63) is 22.7 Å². The maximum Gasteiger partial charge on any atom is 0.250 e. The minimum absolute atomic E-state index is 0.419. The highest BCUT2D eigenvalue weighted by molar-refractivity contribution is 6.34. The third-order valence-electron chi connectivity index (χ3n) is 4.38. The second-order valence-electron chi connectivity index (χ2n) is 6.19. The topological polar surface area (TPSA) is 72.3 Å². The standard InChI is InChI=1S/C16H24ClN3O/c1-10(2)11-4-3-6-20(7-5-11)15-13(16(19)21)8-12(18)9-14(15)17/h8-11H,3-7,18H2,1-2H3,(H2,19,21). The molecule has 1 unspecified atom stereocenters. The van der Waals surface area contributed by atoms with Crippen molar-refractivity contribution in [1.29, 1.82) is 0 Å². The number of amides is 1. The number of carbonyl (C=O) groups excluding carboxylic acids is 1. The Morgan fingerprint density at radius 2 is 2.05 bits per heavy atom. The molecule has 1 aromatic carbocycles. The number of nitrogen functional groups attached to an aromatic ring is 1. The zero-order chi connectivity index (χ0) is 15.6. The molecular weight excluding hydrogens is 286 g/mol. The van der Waals surface area contributed by atoms with E-state index in [2.05, 4.69) is 18.7 Å². The number of primary amides is 1. The van der Waals surface area contributed by atoms with E-state index in [4.69, 9.17) is 23.1 Å². The van der Waals surface area contributed by atoms with Crippen LogP contribution in [0.25, 0.3) is 0 Å². The van der Waals surface area contributed by atoms with Gasteiger partial charge >= 0.3 is 0 Å². The molecule has 0 aliphatic carbocycles. The van der Waals surface area contributed by atoms with Gasteiger partial charge in [-0.25, -0.2) is 0 Å². The molecule has 1 fully saturated rings. The van der Waals surface area contributed by atoms with Gasteiger partial charge in [0, 0.05) is 18.8 Å². The molecule has 0 radical (unpaired) electrons. The van der Waals surface area contributed by atoms with Gasteiger partial charge in [-0.3, -0.25) is 4.79 Å². The van der Waals surface area contributed by atoms with Crippen LogP contribution in [0.5, 0.6) is 0 Å². The Balaban J connectivity index is 2.31. The first-order chi connectivity index (χ1) is 9.90. The number of halogens is 1. The molecule has 116 valence electrons. The van der Waals surface area contributed by atoms with Gasteiger partial charge in [-0.15, -0.1) is 0 Å². The van der Waals surface area contributed by atoms with Crippen LogP contribution < -0.4 is 16.4 Å². The van der Waals surface area contributed by atoms with Crippen LogP contribution in [0.15, 0.2) is 12.1 Å². The summed E-state index contributed by atoms with van der Waals surface area (Å²) in [5, 5.41) is 0.506. The molecular formula is C16H24ClN3O. The maximum atomic E-state index is 11.7. The van der Waals surface area contributed by atoms with E-state index in [1.807, 2.05) is 0 Å². The summed E-state index contributed by atoms with van der Waals surface area (Å²) in [5.41, 5.74) is 12.9. The van der Waals surface area contributed by atoms with Gasteiger partial charge in [0.05, 0.1) is 16.3 Å². The van der Waals surface area contributed by atoms with E-state index in [1.54, 1.807) is 12.1 Å². The fourth-order valence-corrected chi connectivity index (χ4v) is 3.49. The smallest absolute Gasteiger partial charge is 0.250 e. The molecule has 2 rings (SSSR count). The monoisotopic (exact) mass is 309 g/mol. The summed E-state index contributed by atoms with van der Waals surface area (Å²) < 4.78 is 0. The van der Waals surface area contributed by atoms with Crippen LogP contribution in [0.3, 0.4) is 0 Å². The van der Waals surface area contributed by atoms with Crippen molar-refractivity contribution in [3.63, 3.8) is 0 Å². The number of nitrogens with two attached hydrogens (primary N) is 2. The van der Waals surface area contributed by atoms with Gasteiger partial charge in [0.25, 0.3) is 5.91 Å². The summed E-state index contributed by atoms with van der Waals surface area (Å²) in [6.07, 6.45) is 3.42. The summed E-state index contributed by atoms with van der Waals surface area (Å²) in [6, 6.07) is 3.31. The number of anilines is 2. The maximum absolute atomic E-state index is 11.7. The van der Waals surface area contributed by atoms with Crippen LogP contribution in [-0.2, 0) is 0 Å². The summed E-state index contributed by atoms with van der Waals surface area (Å²) in [5.74, 6) is 0.922. The lowest BCUT2D eigenvalue weighted by atomic mass is 9.89. The lowest BCUT2D eigenvalue weighted by molar-refractivity contribution is 0.100. The molecule has 1 saturated heterocycles. The van der Waals surface area contributed by atoms with Crippen molar-refractivity contribution in [3.8, 4) is 0 Å². The summed E-state index contributed by atoms with van der Waals surface area (Å²) in [6.45, 7) is 6.33. The van der Waals surface area contributed by atoms with Crippen molar-refractivity contribution < 1.29 is 4.79 Å². The largest absolute Gasteiger partial charge is 0.399 e. The molecule has 0 saturated carbocycles. The number of carbonyl (C=O) groups is 1. The number of nitrogens with zero attached hydrogens (tertiary/aromatic N) is 1. The van der Waals surface area contributed by atoms with E-state index in [0.717, 1.165) is 37.5 Å². The van der Waals surface area contributed by atoms with Crippen LogP contribution >= 0.6 is 11.6 Å². The van der Waals surface area contributed by atoms with Gasteiger partial charge in [-0.05, 0) is 43.2 Å². The van der Waals surface area contributed by atoms with Crippen molar-refractivity contribution in [2.45, 2.75) is 33.1 Å². The van der Waals surface area contributed by atoms with E-state index < -0.39 is 5.91 Å². The molecule has 0 spiro atoms. The molecule has 0 bridgehead atoms. The summed E-state index contributed by atoms with van der Waals surface area (Å²) >= 11 is 6.33. The number of rotatable bonds is 3. The Bertz CT molecular complexity index is 530. The average molecular weight is 310 g/mol.